The lowest BCUT2D eigenvalue weighted by molar-refractivity contribution is 0.0954. The van der Waals surface area contributed by atoms with Crippen molar-refractivity contribution in [2.75, 3.05) is 19.4 Å². The van der Waals surface area contributed by atoms with E-state index in [9.17, 15) is 4.79 Å². The van der Waals surface area contributed by atoms with Crippen LogP contribution in [0.1, 0.15) is 21.1 Å². The van der Waals surface area contributed by atoms with Crippen molar-refractivity contribution in [2.45, 2.75) is 13.3 Å². The first kappa shape index (κ1) is 14.3. The Kier molecular flexibility index (Phi) is 4.57. The summed E-state index contributed by atoms with van der Waals surface area (Å²) in [6, 6.07) is 4.98. The van der Waals surface area contributed by atoms with Gasteiger partial charge in [0, 0.05) is 23.9 Å². The highest BCUT2D eigenvalue weighted by molar-refractivity contribution is 7.09. The van der Waals surface area contributed by atoms with Crippen molar-refractivity contribution in [1.82, 2.24) is 10.3 Å². The average Bonchev–Trinajstić information content (AvgIpc) is 2.85. The molecule has 20 heavy (non-hydrogen) atoms. The standard InChI is InChI=1S/C14H17N3O2S/c1-9-17-11(8-20-9)5-6-16-14(18)10-3-4-12(15)13(7-10)19-2/h3-4,7-8H,5-6,15H2,1-2H3,(H,16,18). The first-order chi connectivity index (χ1) is 9.60. The molecule has 1 amide bonds. The summed E-state index contributed by atoms with van der Waals surface area (Å²) in [4.78, 5) is 16.3. The predicted octanol–water partition coefficient (Wildman–Crippen LogP) is 2.01. The molecule has 5 nitrogen and oxygen atoms in total. The van der Waals surface area contributed by atoms with Gasteiger partial charge in [-0.1, -0.05) is 0 Å². The summed E-state index contributed by atoms with van der Waals surface area (Å²) < 4.78 is 5.10. The molecular formula is C14H17N3O2S. The van der Waals surface area contributed by atoms with Gasteiger partial charge in [0.1, 0.15) is 5.75 Å². The highest BCUT2D eigenvalue weighted by atomic mass is 32.1. The number of aromatic nitrogens is 1. The van der Waals surface area contributed by atoms with Crippen molar-refractivity contribution < 1.29 is 9.53 Å². The van der Waals surface area contributed by atoms with E-state index in [1.165, 1.54) is 7.11 Å². The Bertz CT molecular complexity index is 610. The number of anilines is 1. The predicted molar refractivity (Wildman–Crippen MR) is 80.3 cm³/mol. The molecule has 2 aromatic rings. The summed E-state index contributed by atoms with van der Waals surface area (Å²) in [5.74, 6) is 0.364. The summed E-state index contributed by atoms with van der Waals surface area (Å²) in [6.07, 6.45) is 0.724. The average molecular weight is 291 g/mol. The van der Waals surface area contributed by atoms with Crippen molar-refractivity contribution in [3.05, 3.63) is 39.8 Å². The van der Waals surface area contributed by atoms with Crippen LogP contribution in [0.2, 0.25) is 0 Å². The third kappa shape index (κ3) is 3.48. The number of nitrogen functional groups attached to an aromatic ring is 1. The van der Waals surface area contributed by atoms with E-state index in [0.717, 1.165) is 17.1 Å². The summed E-state index contributed by atoms with van der Waals surface area (Å²) in [6.45, 7) is 2.52. The number of ether oxygens (including phenoxy) is 1. The summed E-state index contributed by atoms with van der Waals surface area (Å²) in [5, 5.41) is 5.90. The monoisotopic (exact) mass is 291 g/mol. The van der Waals surface area contributed by atoms with Gasteiger partial charge in [0.25, 0.3) is 5.91 Å². The molecule has 0 bridgehead atoms. The molecule has 0 aliphatic carbocycles. The van der Waals surface area contributed by atoms with Crippen molar-refractivity contribution in [3.63, 3.8) is 0 Å². The zero-order chi connectivity index (χ0) is 14.5. The second-order valence-electron chi connectivity index (χ2n) is 4.32. The molecule has 1 aromatic heterocycles. The highest BCUT2D eigenvalue weighted by Gasteiger charge is 2.08. The van der Waals surface area contributed by atoms with Gasteiger partial charge in [-0.3, -0.25) is 4.79 Å². The molecule has 0 unspecified atom stereocenters. The first-order valence-corrected chi connectivity index (χ1v) is 7.11. The second-order valence-corrected chi connectivity index (χ2v) is 5.38. The number of hydrogen-bond acceptors (Lipinski definition) is 5. The molecule has 0 spiro atoms. The Morgan fingerprint density at radius 2 is 2.30 bits per heavy atom. The third-order valence-electron chi connectivity index (χ3n) is 2.83. The van der Waals surface area contributed by atoms with Gasteiger partial charge in [0.05, 0.1) is 23.5 Å². The molecule has 3 N–H and O–H groups in total. The lowest BCUT2D eigenvalue weighted by atomic mass is 10.1. The molecule has 1 aromatic carbocycles. The van der Waals surface area contributed by atoms with E-state index in [2.05, 4.69) is 10.3 Å². The van der Waals surface area contributed by atoms with Crippen LogP contribution in [0.3, 0.4) is 0 Å². The molecular weight excluding hydrogens is 274 g/mol. The number of methoxy groups -OCH3 is 1. The molecule has 1 heterocycles. The van der Waals surface area contributed by atoms with Crippen LogP contribution in [0.15, 0.2) is 23.6 Å². The zero-order valence-electron chi connectivity index (χ0n) is 11.5. The van der Waals surface area contributed by atoms with Gasteiger partial charge in [-0.25, -0.2) is 4.98 Å². The number of thiazole rings is 1. The van der Waals surface area contributed by atoms with E-state index < -0.39 is 0 Å². The van der Waals surface area contributed by atoms with Gasteiger partial charge in [-0.05, 0) is 25.1 Å². The van der Waals surface area contributed by atoms with E-state index in [1.807, 2.05) is 12.3 Å². The van der Waals surface area contributed by atoms with Crippen molar-refractivity contribution >= 4 is 22.9 Å². The Morgan fingerprint density at radius 3 is 2.95 bits per heavy atom. The number of nitrogens with one attached hydrogen (secondary N) is 1. The van der Waals surface area contributed by atoms with Gasteiger partial charge < -0.3 is 15.8 Å². The first-order valence-electron chi connectivity index (χ1n) is 6.23. The van der Waals surface area contributed by atoms with Gasteiger partial charge in [0.2, 0.25) is 0 Å². The minimum Gasteiger partial charge on any atom is -0.495 e. The van der Waals surface area contributed by atoms with Gasteiger partial charge in [-0.15, -0.1) is 11.3 Å². The fourth-order valence-corrected chi connectivity index (χ4v) is 2.43. The third-order valence-corrected chi connectivity index (χ3v) is 3.65. The second kappa shape index (κ2) is 6.38. The quantitative estimate of drug-likeness (QED) is 0.826. The van der Waals surface area contributed by atoms with Crippen LogP contribution in [0.5, 0.6) is 5.75 Å². The topological polar surface area (TPSA) is 77.2 Å². The molecule has 0 aliphatic rings. The SMILES string of the molecule is COc1cc(C(=O)NCCc2csc(C)n2)ccc1N. The number of rotatable bonds is 5. The molecule has 0 fully saturated rings. The van der Waals surface area contributed by atoms with E-state index >= 15 is 0 Å². The van der Waals surface area contributed by atoms with Crippen LogP contribution >= 0.6 is 11.3 Å². The summed E-state index contributed by atoms with van der Waals surface area (Å²) >= 11 is 1.61. The minimum atomic E-state index is -0.143. The largest absolute Gasteiger partial charge is 0.495 e. The molecule has 0 saturated heterocycles. The van der Waals surface area contributed by atoms with E-state index in [4.69, 9.17) is 10.5 Å². The van der Waals surface area contributed by atoms with E-state index in [0.29, 0.717) is 23.5 Å². The Labute approximate surface area is 121 Å². The van der Waals surface area contributed by atoms with Gasteiger partial charge in [0.15, 0.2) is 0 Å². The number of amides is 1. The van der Waals surface area contributed by atoms with Crippen molar-refractivity contribution in [3.8, 4) is 5.75 Å². The van der Waals surface area contributed by atoms with Crippen LogP contribution in [0.25, 0.3) is 0 Å². The Hall–Kier alpha value is -2.08. The number of hydrogen-bond donors (Lipinski definition) is 2. The molecule has 0 radical (unpaired) electrons. The minimum absolute atomic E-state index is 0.143. The fourth-order valence-electron chi connectivity index (χ4n) is 1.78. The van der Waals surface area contributed by atoms with Crippen LogP contribution in [-0.4, -0.2) is 24.5 Å². The van der Waals surface area contributed by atoms with Crippen molar-refractivity contribution in [2.24, 2.45) is 0 Å². The number of benzene rings is 1. The summed E-state index contributed by atoms with van der Waals surface area (Å²) in [7, 11) is 1.53. The molecule has 0 saturated carbocycles. The molecule has 0 atom stereocenters. The van der Waals surface area contributed by atoms with Crippen LogP contribution < -0.4 is 15.8 Å². The normalized spacial score (nSPS) is 10.3. The highest BCUT2D eigenvalue weighted by Crippen LogP contribution is 2.21. The summed E-state index contributed by atoms with van der Waals surface area (Å²) in [5.41, 5.74) is 7.77. The van der Waals surface area contributed by atoms with Crippen LogP contribution in [0, 0.1) is 6.92 Å². The Morgan fingerprint density at radius 1 is 1.50 bits per heavy atom. The van der Waals surface area contributed by atoms with Crippen molar-refractivity contribution in [1.29, 1.82) is 0 Å². The van der Waals surface area contributed by atoms with Gasteiger partial charge in [-0.2, -0.15) is 0 Å². The molecule has 6 heteroatoms. The van der Waals surface area contributed by atoms with E-state index in [-0.39, 0.29) is 5.91 Å². The van der Waals surface area contributed by atoms with Crippen LogP contribution in [0.4, 0.5) is 5.69 Å². The number of nitrogens with zero attached hydrogens (tertiary/aromatic N) is 1. The number of carbonyl (C=O) groups excluding carboxylic acids is 1. The van der Waals surface area contributed by atoms with E-state index in [1.54, 1.807) is 29.5 Å². The number of nitrogens with two attached hydrogens (primary N) is 1. The molecule has 106 valence electrons. The van der Waals surface area contributed by atoms with Gasteiger partial charge >= 0.3 is 0 Å². The number of aryl methyl sites for hydroxylation is 1. The maximum Gasteiger partial charge on any atom is 0.251 e. The molecule has 0 aliphatic heterocycles. The lowest BCUT2D eigenvalue weighted by Crippen LogP contribution is -2.25. The Balaban J connectivity index is 1.91. The van der Waals surface area contributed by atoms with Crippen LogP contribution in [-0.2, 0) is 6.42 Å². The lowest BCUT2D eigenvalue weighted by Gasteiger charge is -2.08. The zero-order valence-corrected chi connectivity index (χ0v) is 12.3. The number of carbonyl (C=O) groups is 1. The maximum atomic E-state index is 12.0. The fraction of sp³-hybridized carbons (Fsp3) is 0.286. The smallest absolute Gasteiger partial charge is 0.251 e. The maximum absolute atomic E-state index is 12.0. The molecule has 2 rings (SSSR count).